The molecule has 2 aromatic carbocycles. The van der Waals surface area contributed by atoms with Crippen molar-refractivity contribution in [3.8, 4) is 5.75 Å². The van der Waals surface area contributed by atoms with Crippen molar-refractivity contribution in [2.75, 3.05) is 6.54 Å². The second kappa shape index (κ2) is 8.03. The first-order valence-corrected chi connectivity index (χ1v) is 11.4. The quantitative estimate of drug-likeness (QED) is 0.712. The molecule has 1 N–H and O–H groups in total. The van der Waals surface area contributed by atoms with E-state index in [1.807, 2.05) is 47.4 Å². The standard InChI is InChI=1S/C26H29NO4/c28-16-20-13-19-14-23-21-9-4-5-10-26(21,22(19)15-24(20)29)11-6-12-27(23)25(30)31-17-18-7-2-1-3-8-18/h1-3,7-8,13,15-16,21,23,29H,4-6,9-12,14,17H2/t21?,23-,26-/m0/s1. The summed E-state index contributed by atoms with van der Waals surface area (Å²) in [5, 5.41) is 10.4. The molecule has 3 atom stereocenters. The molecule has 1 unspecified atom stereocenters. The van der Waals surface area contributed by atoms with E-state index in [4.69, 9.17) is 4.74 Å². The van der Waals surface area contributed by atoms with Gasteiger partial charge in [0.1, 0.15) is 12.4 Å². The summed E-state index contributed by atoms with van der Waals surface area (Å²) in [7, 11) is 0. The maximum atomic E-state index is 13.2. The Hall–Kier alpha value is -2.82. The van der Waals surface area contributed by atoms with Crippen LogP contribution in [0.1, 0.15) is 65.6 Å². The van der Waals surface area contributed by atoms with Gasteiger partial charge in [-0.3, -0.25) is 4.79 Å². The van der Waals surface area contributed by atoms with E-state index in [9.17, 15) is 14.7 Å². The van der Waals surface area contributed by atoms with E-state index >= 15 is 0 Å². The van der Waals surface area contributed by atoms with Crippen LogP contribution < -0.4 is 0 Å². The van der Waals surface area contributed by atoms with Crippen molar-refractivity contribution >= 4 is 12.4 Å². The molecule has 1 saturated heterocycles. The minimum atomic E-state index is -0.243. The lowest BCUT2D eigenvalue weighted by Crippen LogP contribution is -2.54. The number of nitrogens with zero attached hydrogens (tertiary/aromatic N) is 1. The van der Waals surface area contributed by atoms with Gasteiger partial charge in [0.2, 0.25) is 0 Å². The fourth-order valence-electron chi connectivity index (χ4n) is 6.44. The van der Waals surface area contributed by atoms with Crippen LogP contribution >= 0.6 is 0 Å². The fourth-order valence-corrected chi connectivity index (χ4v) is 6.44. The molecule has 0 radical (unpaired) electrons. The summed E-state index contributed by atoms with van der Waals surface area (Å²) in [6, 6.07) is 13.5. The number of benzene rings is 2. The predicted molar refractivity (Wildman–Crippen MR) is 117 cm³/mol. The van der Waals surface area contributed by atoms with E-state index < -0.39 is 0 Å². The van der Waals surface area contributed by atoms with Gasteiger partial charge in [0.15, 0.2) is 6.29 Å². The number of aldehydes is 1. The van der Waals surface area contributed by atoms with Crippen LogP contribution in [0.5, 0.6) is 5.75 Å². The summed E-state index contributed by atoms with van der Waals surface area (Å²) >= 11 is 0. The zero-order valence-corrected chi connectivity index (χ0v) is 17.8. The number of aromatic hydroxyl groups is 1. The van der Waals surface area contributed by atoms with Gasteiger partial charge in [-0.1, -0.05) is 43.2 Å². The van der Waals surface area contributed by atoms with Gasteiger partial charge in [-0.2, -0.15) is 0 Å². The molecule has 5 rings (SSSR count). The molecule has 1 amide bonds. The van der Waals surface area contributed by atoms with Crippen LogP contribution in [0, 0.1) is 5.92 Å². The molecular formula is C26H29NO4. The van der Waals surface area contributed by atoms with Crippen molar-refractivity contribution in [3.63, 3.8) is 0 Å². The van der Waals surface area contributed by atoms with Crippen molar-refractivity contribution in [1.29, 1.82) is 0 Å². The van der Waals surface area contributed by atoms with E-state index in [-0.39, 0.29) is 29.9 Å². The number of phenolic OH excluding ortho intramolecular Hbond substituents is 1. The number of ether oxygens (including phenoxy) is 1. The number of rotatable bonds is 3. The average molecular weight is 420 g/mol. The predicted octanol–water partition coefficient (Wildman–Crippen LogP) is 4.99. The van der Waals surface area contributed by atoms with Crippen molar-refractivity contribution in [3.05, 3.63) is 64.7 Å². The van der Waals surface area contributed by atoms with E-state index in [0.717, 1.165) is 49.5 Å². The zero-order valence-electron chi connectivity index (χ0n) is 17.8. The van der Waals surface area contributed by atoms with Gasteiger partial charge in [0.05, 0.1) is 5.56 Å². The van der Waals surface area contributed by atoms with Crippen LogP contribution in [0.4, 0.5) is 4.79 Å². The molecular weight excluding hydrogens is 390 g/mol. The smallest absolute Gasteiger partial charge is 0.410 e. The lowest BCUT2D eigenvalue weighted by molar-refractivity contribution is 0.0441. The Morgan fingerprint density at radius 1 is 1.16 bits per heavy atom. The highest BCUT2D eigenvalue weighted by Crippen LogP contribution is 2.56. The molecule has 5 heteroatoms. The molecule has 3 aliphatic rings. The minimum Gasteiger partial charge on any atom is -0.507 e. The third-order valence-electron chi connectivity index (χ3n) is 7.77. The van der Waals surface area contributed by atoms with Gasteiger partial charge in [0, 0.05) is 18.0 Å². The lowest BCUT2D eigenvalue weighted by Gasteiger charge is -2.52. The van der Waals surface area contributed by atoms with Crippen LogP contribution in [-0.2, 0) is 23.2 Å². The zero-order chi connectivity index (χ0) is 21.4. The number of carbonyl (C=O) groups excluding carboxylic acids is 2. The van der Waals surface area contributed by atoms with Gasteiger partial charge in [-0.25, -0.2) is 4.79 Å². The van der Waals surface area contributed by atoms with E-state index in [2.05, 4.69) is 0 Å². The number of amides is 1. The molecule has 31 heavy (non-hydrogen) atoms. The topological polar surface area (TPSA) is 66.8 Å². The highest BCUT2D eigenvalue weighted by Gasteiger charge is 2.53. The summed E-state index contributed by atoms with van der Waals surface area (Å²) in [5.74, 6) is 0.441. The molecule has 2 aromatic rings. The molecule has 2 bridgehead atoms. The van der Waals surface area contributed by atoms with E-state index in [1.165, 1.54) is 12.0 Å². The van der Waals surface area contributed by atoms with Crippen LogP contribution in [0.15, 0.2) is 42.5 Å². The first-order valence-electron chi connectivity index (χ1n) is 11.4. The minimum absolute atomic E-state index is 0.0240. The Bertz CT molecular complexity index is 988. The highest BCUT2D eigenvalue weighted by molar-refractivity contribution is 5.80. The highest BCUT2D eigenvalue weighted by atomic mass is 16.6. The van der Waals surface area contributed by atoms with Crippen molar-refractivity contribution in [1.82, 2.24) is 4.90 Å². The SMILES string of the molecule is O=Cc1cc2c(cc1O)[C@]13CCCCC1[C@H](C2)N(C(=O)OCc1ccccc1)CCC3. The normalized spacial score (nSPS) is 26.9. The first-order chi connectivity index (χ1) is 15.1. The third-order valence-corrected chi connectivity index (χ3v) is 7.77. The third kappa shape index (κ3) is 3.40. The molecule has 2 fully saturated rings. The molecule has 162 valence electrons. The summed E-state index contributed by atoms with van der Waals surface area (Å²) in [5.41, 5.74) is 3.60. The van der Waals surface area contributed by atoms with Crippen LogP contribution in [-0.4, -0.2) is 35.0 Å². The van der Waals surface area contributed by atoms with Gasteiger partial charge in [0.25, 0.3) is 0 Å². The number of carbonyl (C=O) groups is 2. The Morgan fingerprint density at radius 2 is 1.97 bits per heavy atom. The van der Waals surface area contributed by atoms with Gasteiger partial charge >= 0.3 is 6.09 Å². The average Bonchev–Trinajstić information content (AvgIpc) is 2.93. The Labute approximate surface area is 183 Å². The van der Waals surface area contributed by atoms with Crippen molar-refractivity contribution in [2.45, 2.75) is 63.0 Å². The molecule has 1 aliphatic heterocycles. The van der Waals surface area contributed by atoms with Gasteiger partial charge in [-0.15, -0.1) is 0 Å². The molecule has 1 saturated carbocycles. The van der Waals surface area contributed by atoms with Crippen LogP contribution in [0.3, 0.4) is 0 Å². The Morgan fingerprint density at radius 3 is 2.77 bits per heavy atom. The molecule has 1 heterocycles. The molecule has 0 aromatic heterocycles. The van der Waals surface area contributed by atoms with E-state index in [0.29, 0.717) is 24.4 Å². The number of likely N-dealkylation sites (tertiary alicyclic amines) is 1. The second-order valence-corrected chi connectivity index (χ2v) is 9.30. The van der Waals surface area contributed by atoms with Crippen LogP contribution in [0.2, 0.25) is 0 Å². The van der Waals surface area contributed by atoms with Gasteiger partial charge in [-0.05, 0) is 66.8 Å². The maximum Gasteiger partial charge on any atom is 0.410 e. The van der Waals surface area contributed by atoms with Crippen molar-refractivity contribution < 1.29 is 19.4 Å². The molecule has 5 nitrogen and oxygen atoms in total. The number of hydrogen-bond acceptors (Lipinski definition) is 4. The molecule has 0 spiro atoms. The molecule has 2 aliphatic carbocycles. The monoisotopic (exact) mass is 419 g/mol. The van der Waals surface area contributed by atoms with Crippen molar-refractivity contribution in [2.24, 2.45) is 5.92 Å². The number of phenols is 1. The summed E-state index contributed by atoms with van der Waals surface area (Å²) in [4.78, 5) is 26.6. The fraction of sp³-hybridized carbons (Fsp3) is 0.462. The lowest BCUT2D eigenvalue weighted by atomic mass is 9.54. The number of fused-ring (bicyclic) bond motifs is 1. The Balaban J connectivity index is 1.48. The van der Waals surface area contributed by atoms with E-state index in [1.54, 1.807) is 0 Å². The summed E-state index contributed by atoms with van der Waals surface area (Å²) in [6.45, 7) is 0.968. The first kappa shape index (κ1) is 20.1. The second-order valence-electron chi connectivity index (χ2n) is 9.30. The Kier molecular flexibility index (Phi) is 5.20. The summed E-state index contributed by atoms with van der Waals surface area (Å²) < 4.78 is 5.73. The van der Waals surface area contributed by atoms with Gasteiger partial charge < -0.3 is 14.7 Å². The largest absolute Gasteiger partial charge is 0.507 e. The van der Waals surface area contributed by atoms with Crippen LogP contribution in [0.25, 0.3) is 0 Å². The number of hydrogen-bond donors (Lipinski definition) is 1. The maximum absolute atomic E-state index is 13.2. The summed E-state index contributed by atoms with van der Waals surface area (Å²) in [6.07, 6.45) is 7.61.